The maximum absolute atomic E-state index is 5.53. The summed E-state index contributed by atoms with van der Waals surface area (Å²) in [6, 6.07) is 9.04. The molecule has 0 saturated heterocycles. The summed E-state index contributed by atoms with van der Waals surface area (Å²) >= 11 is 1.36. The van der Waals surface area contributed by atoms with Crippen molar-refractivity contribution in [2.24, 2.45) is 0 Å². The van der Waals surface area contributed by atoms with Gasteiger partial charge in [-0.2, -0.15) is 4.37 Å². The number of hydrogen-bond donors (Lipinski definition) is 1. The van der Waals surface area contributed by atoms with E-state index in [1.54, 1.807) is 12.1 Å². The fourth-order valence-electron chi connectivity index (χ4n) is 0.911. The van der Waals surface area contributed by atoms with Crippen LogP contribution in [0.2, 0.25) is 0 Å². The number of nitrogen functional groups attached to an aromatic ring is 1. The van der Waals surface area contributed by atoms with Gasteiger partial charge >= 0.3 is 0 Å². The van der Waals surface area contributed by atoms with E-state index in [-0.39, 0.29) is 0 Å². The van der Waals surface area contributed by atoms with Crippen molar-refractivity contribution in [3.05, 3.63) is 35.7 Å². The zero-order valence-corrected chi connectivity index (χ0v) is 7.62. The monoisotopic (exact) mass is 192 g/mol. The lowest BCUT2D eigenvalue weighted by Crippen LogP contribution is -1.85. The second-order valence-electron chi connectivity index (χ2n) is 2.51. The molecule has 0 fully saturated rings. The van der Waals surface area contributed by atoms with Gasteiger partial charge < -0.3 is 10.5 Å². The zero-order chi connectivity index (χ0) is 9.10. The first-order valence-corrected chi connectivity index (χ1v) is 4.62. The Labute approximate surface area is 79.9 Å². The summed E-state index contributed by atoms with van der Waals surface area (Å²) in [5.74, 6) is 1.37. The molecule has 1 heterocycles. The summed E-state index contributed by atoms with van der Waals surface area (Å²) in [6.45, 7) is 0. The topological polar surface area (TPSA) is 48.1 Å². The van der Waals surface area contributed by atoms with Crippen molar-refractivity contribution in [1.29, 1.82) is 0 Å². The van der Waals surface area contributed by atoms with Gasteiger partial charge in [0.2, 0.25) is 5.88 Å². The SMILES string of the molecule is Nc1ccc(Oc2ccsn2)cc1. The highest BCUT2D eigenvalue weighted by Gasteiger charge is 1.97. The zero-order valence-electron chi connectivity index (χ0n) is 6.81. The van der Waals surface area contributed by atoms with Crippen molar-refractivity contribution in [2.45, 2.75) is 0 Å². The average molecular weight is 192 g/mol. The number of nitrogens with two attached hydrogens (primary N) is 1. The molecule has 0 aliphatic carbocycles. The van der Waals surface area contributed by atoms with Crippen molar-refractivity contribution < 1.29 is 4.74 Å². The highest BCUT2D eigenvalue weighted by atomic mass is 32.1. The van der Waals surface area contributed by atoms with Gasteiger partial charge in [0.05, 0.1) is 0 Å². The summed E-state index contributed by atoms with van der Waals surface area (Å²) in [5, 5.41) is 1.87. The molecule has 2 aromatic rings. The number of nitrogens with zero attached hydrogens (tertiary/aromatic N) is 1. The van der Waals surface area contributed by atoms with Gasteiger partial charge in [-0.25, -0.2) is 0 Å². The highest BCUT2D eigenvalue weighted by molar-refractivity contribution is 7.03. The molecule has 13 heavy (non-hydrogen) atoms. The fraction of sp³-hybridized carbons (Fsp3) is 0. The Balaban J connectivity index is 2.15. The van der Waals surface area contributed by atoms with Crippen LogP contribution in [0.5, 0.6) is 11.6 Å². The molecule has 3 nitrogen and oxygen atoms in total. The van der Waals surface area contributed by atoms with Crippen molar-refractivity contribution in [3.8, 4) is 11.6 Å². The minimum absolute atomic E-state index is 0.620. The molecule has 0 aliphatic heterocycles. The molecule has 0 unspecified atom stereocenters. The second kappa shape index (κ2) is 3.45. The maximum Gasteiger partial charge on any atom is 0.230 e. The van der Waals surface area contributed by atoms with Crippen LogP contribution in [0.3, 0.4) is 0 Å². The quantitative estimate of drug-likeness (QED) is 0.744. The molecule has 4 heteroatoms. The molecule has 2 N–H and O–H groups in total. The first-order chi connectivity index (χ1) is 6.34. The summed E-state index contributed by atoms with van der Waals surface area (Å²) in [5.41, 5.74) is 6.26. The van der Waals surface area contributed by atoms with E-state index in [2.05, 4.69) is 4.37 Å². The van der Waals surface area contributed by atoms with Crippen LogP contribution in [-0.4, -0.2) is 4.37 Å². The predicted molar refractivity (Wildman–Crippen MR) is 53.0 cm³/mol. The third-order valence-corrected chi connectivity index (χ3v) is 2.06. The summed E-state index contributed by atoms with van der Waals surface area (Å²) in [7, 11) is 0. The Morgan fingerprint density at radius 2 is 1.92 bits per heavy atom. The Bertz CT molecular complexity index is 369. The molecule has 1 aromatic heterocycles. The third kappa shape index (κ3) is 1.97. The van der Waals surface area contributed by atoms with Crippen LogP contribution in [0.1, 0.15) is 0 Å². The molecule has 0 saturated carbocycles. The Morgan fingerprint density at radius 1 is 1.15 bits per heavy atom. The molecule has 0 bridgehead atoms. The van der Waals surface area contributed by atoms with Gasteiger partial charge in [0, 0.05) is 17.1 Å². The van der Waals surface area contributed by atoms with Gasteiger partial charge in [0.25, 0.3) is 0 Å². The Morgan fingerprint density at radius 3 is 2.54 bits per heavy atom. The van der Waals surface area contributed by atoms with E-state index in [1.807, 2.05) is 23.6 Å². The molecular formula is C9H8N2OS. The van der Waals surface area contributed by atoms with Crippen LogP contribution in [0.25, 0.3) is 0 Å². The number of hydrogen-bond acceptors (Lipinski definition) is 4. The molecule has 0 radical (unpaired) electrons. The lowest BCUT2D eigenvalue weighted by molar-refractivity contribution is 0.469. The molecule has 0 aliphatic rings. The minimum Gasteiger partial charge on any atom is -0.438 e. The van der Waals surface area contributed by atoms with Crippen molar-refractivity contribution >= 4 is 17.2 Å². The highest BCUT2D eigenvalue weighted by Crippen LogP contribution is 2.21. The lowest BCUT2D eigenvalue weighted by atomic mass is 10.3. The number of rotatable bonds is 2. The van der Waals surface area contributed by atoms with Crippen LogP contribution in [0.4, 0.5) is 5.69 Å². The van der Waals surface area contributed by atoms with Crippen molar-refractivity contribution in [1.82, 2.24) is 4.37 Å². The predicted octanol–water partition coefficient (Wildman–Crippen LogP) is 2.52. The van der Waals surface area contributed by atoms with Crippen LogP contribution >= 0.6 is 11.5 Å². The molecule has 66 valence electrons. The van der Waals surface area contributed by atoms with Gasteiger partial charge in [-0.15, -0.1) is 0 Å². The fourth-order valence-corrected chi connectivity index (χ4v) is 1.35. The smallest absolute Gasteiger partial charge is 0.230 e. The van der Waals surface area contributed by atoms with Gasteiger partial charge in [-0.05, 0) is 35.8 Å². The van der Waals surface area contributed by atoms with E-state index < -0.39 is 0 Å². The summed E-state index contributed by atoms with van der Waals surface area (Å²) in [4.78, 5) is 0. The molecule has 0 atom stereocenters. The van der Waals surface area contributed by atoms with Gasteiger partial charge in [-0.3, -0.25) is 0 Å². The number of aromatic nitrogens is 1. The van der Waals surface area contributed by atoms with E-state index in [0.717, 1.165) is 11.4 Å². The normalized spacial score (nSPS) is 9.85. The summed E-state index contributed by atoms with van der Waals surface area (Å²) in [6.07, 6.45) is 0. The van der Waals surface area contributed by atoms with Gasteiger partial charge in [0.15, 0.2) is 0 Å². The van der Waals surface area contributed by atoms with E-state index >= 15 is 0 Å². The summed E-state index contributed by atoms with van der Waals surface area (Å²) < 4.78 is 9.44. The third-order valence-electron chi connectivity index (χ3n) is 1.52. The Hall–Kier alpha value is -1.55. The standard InChI is InChI=1S/C9H8N2OS/c10-7-1-3-8(4-2-7)12-9-5-6-13-11-9/h1-6H,10H2. The first-order valence-electron chi connectivity index (χ1n) is 3.78. The van der Waals surface area contributed by atoms with Crippen molar-refractivity contribution in [2.75, 3.05) is 5.73 Å². The number of benzene rings is 1. The first kappa shape index (κ1) is 8.07. The molecule has 1 aromatic carbocycles. The molecule has 2 rings (SSSR count). The second-order valence-corrected chi connectivity index (χ2v) is 3.17. The van der Waals surface area contributed by atoms with Crippen LogP contribution in [-0.2, 0) is 0 Å². The molecule has 0 spiro atoms. The minimum atomic E-state index is 0.620. The van der Waals surface area contributed by atoms with E-state index in [0.29, 0.717) is 5.88 Å². The largest absolute Gasteiger partial charge is 0.438 e. The molecular weight excluding hydrogens is 184 g/mol. The number of ether oxygens (including phenoxy) is 1. The number of anilines is 1. The molecule has 0 amide bonds. The van der Waals surface area contributed by atoms with Gasteiger partial charge in [-0.1, -0.05) is 0 Å². The van der Waals surface area contributed by atoms with Crippen LogP contribution < -0.4 is 10.5 Å². The lowest BCUT2D eigenvalue weighted by Gasteiger charge is -2.00. The van der Waals surface area contributed by atoms with Crippen LogP contribution in [0.15, 0.2) is 35.7 Å². The van der Waals surface area contributed by atoms with Crippen molar-refractivity contribution in [3.63, 3.8) is 0 Å². The van der Waals surface area contributed by atoms with Gasteiger partial charge in [0.1, 0.15) is 5.75 Å². The van der Waals surface area contributed by atoms with E-state index in [4.69, 9.17) is 10.5 Å². The van der Waals surface area contributed by atoms with E-state index in [1.165, 1.54) is 11.5 Å². The van der Waals surface area contributed by atoms with Crippen LogP contribution in [0, 0.1) is 0 Å². The average Bonchev–Trinajstić information content (AvgIpc) is 2.62. The Kier molecular flexibility index (Phi) is 2.14. The van der Waals surface area contributed by atoms with E-state index in [9.17, 15) is 0 Å². The maximum atomic E-state index is 5.53.